The van der Waals surface area contributed by atoms with Gasteiger partial charge in [0.15, 0.2) is 0 Å². The van der Waals surface area contributed by atoms with Gasteiger partial charge in [-0.15, -0.1) is 0 Å². The maximum absolute atomic E-state index is 13.7. The van der Waals surface area contributed by atoms with E-state index in [0.717, 1.165) is 6.54 Å². The van der Waals surface area contributed by atoms with E-state index in [-0.39, 0.29) is 10.6 Å². The van der Waals surface area contributed by atoms with Gasteiger partial charge in [0.05, 0.1) is 17.3 Å². The normalized spacial score (nSPS) is 17.4. The Morgan fingerprint density at radius 2 is 2.17 bits per heavy atom. The van der Waals surface area contributed by atoms with Gasteiger partial charge in [0, 0.05) is 11.3 Å². The third kappa shape index (κ3) is 2.78. The first kappa shape index (κ1) is 13.2. The fourth-order valence-corrected chi connectivity index (χ4v) is 3.37. The summed E-state index contributed by atoms with van der Waals surface area (Å²) >= 11 is 1.88. The highest BCUT2D eigenvalue weighted by molar-refractivity contribution is 8.00. The van der Waals surface area contributed by atoms with Crippen LogP contribution in [0.25, 0.3) is 0 Å². The smallest absolute Gasteiger partial charge is 0.147 e. The molecule has 0 heterocycles. The minimum Gasteiger partial charge on any atom is -0.381 e. The lowest BCUT2D eigenvalue weighted by molar-refractivity contribution is 0.615. The molecule has 0 amide bonds. The summed E-state index contributed by atoms with van der Waals surface area (Å²) in [6.07, 6.45) is 7.04. The van der Waals surface area contributed by atoms with Gasteiger partial charge in [0.2, 0.25) is 0 Å². The zero-order valence-electron chi connectivity index (χ0n) is 10.5. The van der Waals surface area contributed by atoms with E-state index in [1.165, 1.54) is 31.7 Å². The van der Waals surface area contributed by atoms with Crippen molar-refractivity contribution in [1.82, 2.24) is 0 Å². The predicted octanol–water partition coefficient (Wildman–Crippen LogP) is 3.79. The van der Waals surface area contributed by atoms with Crippen LogP contribution in [-0.2, 0) is 0 Å². The van der Waals surface area contributed by atoms with Gasteiger partial charge >= 0.3 is 0 Å². The fraction of sp³-hybridized carbons (Fsp3) is 0.500. The molecule has 0 saturated heterocycles. The number of halogens is 1. The van der Waals surface area contributed by atoms with Crippen LogP contribution in [0.4, 0.5) is 10.1 Å². The zero-order chi connectivity index (χ0) is 13.0. The Labute approximate surface area is 112 Å². The summed E-state index contributed by atoms with van der Waals surface area (Å²) in [7, 11) is 0. The highest BCUT2D eigenvalue weighted by atomic mass is 32.2. The van der Waals surface area contributed by atoms with E-state index in [2.05, 4.69) is 11.6 Å². The maximum atomic E-state index is 13.7. The second-order valence-corrected chi connectivity index (χ2v) is 6.03. The minimum absolute atomic E-state index is 0.250. The molecule has 0 atom stereocenters. The number of nitriles is 1. The highest BCUT2D eigenvalue weighted by Crippen LogP contribution is 2.40. The lowest BCUT2D eigenvalue weighted by Gasteiger charge is -2.27. The van der Waals surface area contributed by atoms with E-state index in [1.807, 2.05) is 17.8 Å². The topological polar surface area (TPSA) is 35.8 Å². The van der Waals surface area contributed by atoms with Crippen LogP contribution in [0.15, 0.2) is 18.2 Å². The average Bonchev–Trinajstić information content (AvgIpc) is 2.86. The summed E-state index contributed by atoms with van der Waals surface area (Å²) in [4.78, 5) is 0. The summed E-state index contributed by atoms with van der Waals surface area (Å²) in [6.45, 7) is 0.789. The molecule has 0 spiro atoms. The number of nitrogens with one attached hydrogen (secondary N) is 1. The Morgan fingerprint density at radius 3 is 2.72 bits per heavy atom. The molecule has 4 heteroatoms. The van der Waals surface area contributed by atoms with Gasteiger partial charge in [-0.2, -0.15) is 17.0 Å². The second kappa shape index (κ2) is 5.62. The molecule has 1 fully saturated rings. The largest absolute Gasteiger partial charge is 0.381 e. The van der Waals surface area contributed by atoms with Crippen LogP contribution >= 0.6 is 11.8 Å². The molecule has 2 rings (SSSR count). The molecular weight excluding hydrogens is 247 g/mol. The summed E-state index contributed by atoms with van der Waals surface area (Å²) in [5.41, 5.74) is 0.854. The quantitative estimate of drug-likeness (QED) is 0.899. The molecule has 2 nitrogen and oxygen atoms in total. The fourth-order valence-electron chi connectivity index (χ4n) is 2.46. The Morgan fingerprint density at radius 1 is 1.44 bits per heavy atom. The summed E-state index contributed by atoms with van der Waals surface area (Å²) in [5, 5.41) is 11.9. The summed E-state index contributed by atoms with van der Waals surface area (Å²) in [6, 6.07) is 6.51. The van der Waals surface area contributed by atoms with Crippen LogP contribution in [0.5, 0.6) is 0 Å². The van der Waals surface area contributed by atoms with Crippen LogP contribution in [0.2, 0.25) is 0 Å². The predicted molar refractivity (Wildman–Crippen MR) is 74.3 cm³/mol. The number of thioether (sulfide) groups is 1. The molecule has 1 N–H and O–H groups in total. The van der Waals surface area contributed by atoms with Gasteiger partial charge in [-0.05, 0) is 37.3 Å². The second-order valence-electron chi connectivity index (χ2n) is 4.75. The Hall–Kier alpha value is -1.21. The number of benzene rings is 1. The third-order valence-corrected chi connectivity index (χ3v) is 5.07. The molecule has 18 heavy (non-hydrogen) atoms. The van der Waals surface area contributed by atoms with Gasteiger partial charge in [-0.25, -0.2) is 4.39 Å². The molecule has 0 bridgehead atoms. The number of anilines is 1. The Balaban J connectivity index is 2.04. The minimum atomic E-state index is -0.344. The molecule has 1 saturated carbocycles. The summed E-state index contributed by atoms with van der Waals surface area (Å²) in [5.74, 6) is -0.344. The Bertz CT molecular complexity index is 461. The van der Waals surface area contributed by atoms with Crippen molar-refractivity contribution >= 4 is 17.4 Å². The number of rotatable bonds is 4. The highest BCUT2D eigenvalue weighted by Gasteiger charge is 2.32. The van der Waals surface area contributed by atoms with E-state index in [0.29, 0.717) is 11.3 Å². The molecule has 0 aromatic heterocycles. The van der Waals surface area contributed by atoms with Crippen molar-refractivity contribution in [3.8, 4) is 6.07 Å². The van der Waals surface area contributed by atoms with E-state index < -0.39 is 0 Å². The molecule has 0 aliphatic heterocycles. The van der Waals surface area contributed by atoms with Gasteiger partial charge in [0.25, 0.3) is 0 Å². The first-order valence-electron chi connectivity index (χ1n) is 6.18. The van der Waals surface area contributed by atoms with Crippen molar-refractivity contribution in [1.29, 1.82) is 5.26 Å². The first-order valence-corrected chi connectivity index (χ1v) is 7.40. The molecular formula is C14H17FN2S. The SMILES string of the molecule is CSC1(CNc2ccc(C#N)cc2F)CCCC1. The van der Waals surface area contributed by atoms with Crippen LogP contribution < -0.4 is 5.32 Å². The lowest BCUT2D eigenvalue weighted by atomic mass is 10.1. The first-order chi connectivity index (χ1) is 8.69. The van der Waals surface area contributed by atoms with Crippen LogP contribution in [0.3, 0.4) is 0 Å². The van der Waals surface area contributed by atoms with E-state index in [1.54, 1.807) is 12.1 Å². The van der Waals surface area contributed by atoms with E-state index >= 15 is 0 Å². The molecule has 1 aliphatic rings. The van der Waals surface area contributed by atoms with E-state index in [9.17, 15) is 4.39 Å². The molecule has 1 aromatic rings. The Kier molecular flexibility index (Phi) is 4.13. The molecule has 1 aliphatic carbocycles. The van der Waals surface area contributed by atoms with Gasteiger partial charge in [0.1, 0.15) is 5.82 Å². The monoisotopic (exact) mass is 264 g/mol. The van der Waals surface area contributed by atoms with Crippen molar-refractivity contribution in [2.75, 3.05) is 18.1 Å². The standard InChI is InChI=1S/C14H17FN2S/c1-18-14(6-2-3-7-14)10-17-13-5-4-11(9-16)8-12(13)15/h4-5,8,17H,2-3,6-7,10H2,1H3. The van der Waals surface area contributed by atoms with E-state index in [4.69, 9.17) is 5.26 Å². The van der Waals surface area contributed by atoms with Crippen molar-refractivity contribution in [2.45, 2.75) is 30.4 Å². The zero-order valence-corrected chi connectivity index (χ0v) is 11.3. The number of hydrogen-bond acceptors (Lipinski definition) is 3. The molecule has 96 valence electrons. The van der Waals surface area contributed by atoms with Gasteiger partial charge in [-0.1, -0.05) is 12.8 Å². The van der Waals surface area contributed by atoms with Gasteiger partial charge in [-0.3, -0.25) is 0 Å². The lowest BCUT2D eigenvalue weighted by Crippen LogP contribution is -2.30. The number of hydrogen-bond donors (Lipinski definition) is 1. The molecule has 1 aromatic carbocycles. The van der Waals surface area contributed by atoms with Crippen molar-refractivity contribution in [3.63, 3.8) is 0 Å². The summed E-state index contributed by atoms with van der Waals surface area (Å²) < 4.78 is 14.0. The third-order valence-electron chi connectivity index (χ3n) is 3.65. The van der Waals surface area contributed by atoms with Crippen molar-refractivity contribution in [2.24, 2.45) is 0 Å². The molecule has 0 unspecified atom stereocenters. The molecule has 0 radical (unpaired) electrons. The van der Waals surface area contributed by atoms with Crippen LogP contribution in [0.1, 0.15) is 31.2 Å². The van der Waals surface area contributed by atoms with Crippen LogP contribution in [-0.4, -0.2) is 17.5 Å². The number of nitrogens with zero attached hydrogens (tertiary/aromatic N) is 1. The van der Waals surface area contributed by atoms with Crippen LogP contribution in [0, 0.1) is 17.1 Å². The van der Waals surface area contributed by atoms with Gasteiger partial charge < -0.3 is 5.32 Å². The van der Waals surface area contributed by atoms with Crippen molar-refractivity contribution < 1.29 is 4.39 Å². The van der Waals surface area contributed by atoms with Crippen molar-refractivity contribution in [3.05, 3.63) is 29.6 Å². The average molecular weight is 264 g/mol. The maximum Gasteiger partial charge on any atom is 0.147 e.